The summed E-state index contributed by atoms with van der Waals surface area (Å²) in [4.78, 5) is 17.0. The number of thiazole rings is 1. The van der Waals surface area contributed by atoms with Gasteiger partial charge in [0.15, 0.2) is 0 Å². The fraction of sp³-hybridized carbons (Fsp3) is 0.529. The van der Waals surface area contributed by atoms with E-state index in [1.807, 2.05) is 18.2 Å². The minimum atomic E-state index is 0. The highest BCUT2D eigenvalue weighted by Crippen LogP contribution is 2.30. The molecular formula is C17H24ClN3OS. The van der Waals surface area contributed by atoms with Gasteiger partial charge >= 0.3 is 0 Å². The van der Waals surface area contributed by atoms with Crippen LogP contribution in [0.3, 0.4) is 0 Å². The van der Waals surface area contributed by atoms with Gasteiger partial charge in [-0.05, 0) is 37.5 Å². The third-order valence-corrected chi connectivity index (χ3v) is 5.57. The first-order valence-corrected chi connectivity index (χ1v) is 8.81. The maximum atomic E-state index is 12.4. The van der Waals surface area contributed by atoms with Crippen molar-refractivity contribution < 1.29 is 4.79 Å². The standard InChI is InChI=1S/C17H23N3OS.ClH/c1-10(2)17-20-14-7-6-13(9-15(14)22-17)19-16(21)11-4-3-5-12(18)8-11;/h6-7,9-12H,3-5,8,18H2,1-2H3,(H,19,21);1H. The second kappa shape index (κ2) is 7.60. The smallest absolute Gasteiger partial charge is 0.227 e. The van der Waals surface area contributed by atoms with Crippen molar-refractivity contribution in [3.8, 4) is 0 Å². The molecule has 1 aromatic heterocycles. The normalized spacial score (nSPS) is 21.2. The van der Waals surface area contributed by atoms with Crippen LogP contribution in [0.1, 0.15) is 50.5 Å². The van der Waals surface area contributed by atoms with Crippen molar-refractivity contribution in [1.29, 1.82) is 0 Å². The topological polar surface area (TPSA) is 68.0 Å². The molecule has 0 radical (unpaired) electrons. The lowest BCUT2D eigenvalue weighted by molar-refractivity contribution is -0.120. The molecule has 1 aliphatic carbocycles. The van der Waals surface area contributed by atoms with Gasteiger partial charge in [-0.3, -0.25) is 4.79 Å². The van der Waals surface area contributed by atoms with Crippen LogP contribution < -0.4 is 11.1 Å². The van der Waals surface area contributed by atoms with Crippen LogP contribution in [-0.2, 0) is 4.79 Å². The van der Waals surface area contributed by atoms with Gasteiger partial charge in [0, 0.05) is 23.6 Å². The molecule has 3 N–H and O–H groups in total. The van der Waals surface area contributed by atoms with Crippen LogP contribution in [0.2, 0.25) is 0 Å². The molecule has 2 atom stereocenters. The maximum Gasteiger partial charge on any atom is 0.227 e. The summed E-state index contributed by atoms with van der Waals surface area (Å²) >= 11 is 1.70. The lowest BCUT2D eigenvalue weighted by atomic mass is 9.85. The number of carbonyl (C=O) groups excluding carboxylic acids is 1. The SMILES string of the molecule is CC(C)c1nc2ccc(NC(=O)C3CCCC(N)C3)cc2s1.Cl. The summed E-state index contributed by atoms with van der Waals surface area (Å²) in [6.45, 7) is 4.29. The number of aromatic nitrogens is 1. The van der Waals surface area contributed by atoms with Crippen LogP contribution in [0, 0.1) is 5.92 Å². The first-order chi connectivity index (χ1) is 10.5. The van der Waals surface area contributed by atoms with Gasteiger partial charge in [-0.25, -0.2) is 4.98 Å². The molecule has 1 heterocycles. The van der Waals surface area contributed by atoms with E-state index in [1.165, 1.54) is 0 Å². The van der Waals surface area contributed by atoms with Crippen LogP contribution in [0.4, 0.5) is 5.69 Å². The first-order valence-electron chi connectivity index (χ1n) is 8.00. The number of carbonyl (C=O) groups is 1. The predicted octanol–water partition coefficient (Wildman–Crippen LogP) is 4.30. The molecule has 1 saturated carbocycles. The molecule has 0 saturated heterocycles. The molecule has 0 aliphatic heterocycles. The fourth-order valence-electron chi connectivity index (χ4n) is 2.98. The average molecular weight is 354 g/mol. The Morgan fingerprint density at radius 1 is 1.39 bits per heavy atom. The molecular weight excluding hydrogens is 330 g/mol. The maximum absolute atomic E-state index is 12.4. The number of fused-ring (bicyclic) bond motifs is 1. The van der Waals surface area contributed by atoms with E-state index >= 15 is 0 Å². The minimum absolute atomic E-state index is 0. The highest BCUT2D eigenvalue weighted by atomic mass is 35.5. The van der Waals surface area contributed by atoms with Crippen molar-refractivity contribution in [2.45, 2.75) is 51.5 Å². The lowest BCUT2D eigenvalue weighted by Crippen LogP contribution is -2.34. The average Bonchev–Trinajstić information content (AvgIpc) is 2.90. The molecule has 6 heteroatoms. The molecule has 1 amide bonds. The van der Waals surface area contributed by atoms with E-state index in [0.717, 1.165) is 46.6 Å². The third-order valence-electron chi connectivity index (χ3n) is 4.25. The molecule has 2 unspecified atom stereocenters. The Balaban J connectivity index is 0.00000192. The van der Waals surface area contributed by atoms with Gasteiger partial charge in [-0.1, -0.05) is 20.3 Å². The zero-order chi connectivity index (χ0) is 15.7. The quantitative estimate of drug-likeness (QED) is 0.864. The monoisotopic (exact) mass is 353 g/mol. The van der Waals surface area contributed by atoms with Gasteiger partial charge in [0.1, 0.15) is 0 Å². The van der Waals surface area contributed by atoms with Gasteiger partial charge < -0.3 is 11.1 Å². The van der Waals surface area contributed by atoms with Crippen molar-refractivity contribution in [3.05, 3.63) is 23.2 Å². The highest BCUT2D eigenvalue weighted by molar-refractivity contribution is 7.18. The fourth-order valence-corrected chi connectivity index (χ4v) is 3.99. The van der Waals surface area contributed by atoms with Crippen molar-refractivity contribution in [3.63, 3.8) is 0 Å². The molecule has 2 aromatic rings. The number of amides is 1. The Morgan fingerprint density at radius 3 is 2.87 bits per heavy atom. The van der Waals surface area contributed by atoms with Crippen molar-refractivity contribution in [2.24, 2.45) is 11.7 Å². The Hall–Kier alpha value is -1.17. The van der Waals surface area contributed by atoms with Crippen LogP contribution in [0.25, 0.3) is 10.2 Å². The third kappa shape index (κ3) is 4.22. The number of nitrogens with one attached hydrogen (secondary N) is 1. The van der Waals surface area contributed by atoms with Crippen LogP contribution in [0.15, 0.2) is 18.2 Å². The molecule has 1 aromatic carbocycles. The summed E-state index contributed by atoms with van der Waals surface area (Å²) < 4.78 is 1.13. The number of rotatable bonds is 3. The van der Waals surface area contributed by atoms with Gasteiger partial charge in [0.25, 0.3) is 0 Å². The Labute approximate surface area is 147 Å². The molecule has 1 fully saturated rings. The van der Waals surface area contributed by atoms with Crippen molar-refractivity contribution in [1.82, 2.24) is 4.98 Å². The van der Waals surface area contributed by atoms with Crippen LogP contribution in [0.5, 0.6) is 0 Å². The molecule has 3 rings (SSSR count). The number of anilines is 1. The van der Waals surface area contributed by atoms with Gasteiger partial charge in [0.05, 0.1) is 15.2 Å². The Bertz CT molecular complexity index is 686. The largest absolute Gasteiger partial charge is 0.328 e. The van der Waals surface area contributed by atoms with Gasteiger partial charge in [-0.2, -0.15) is 0 Å². The van der Waals surface area contributed by atoms with E-state index in [4.69, 9.17) is 5.73 Å². The van der Waals surface area contributed by atoms with Crippen molar-refractivity contribution >= 4 is 45.6 Å². The number of nitrogens with two attached hydrogens (primary N) is 1. The zero-order valence-corrected chi connectivity index (χ0v) is 15.2. The summed E-state index contributed by atoms with van der Waals surface area (Å²) in [5.41, 5.74) is 7.84. The molecule has 1 aliphatic rings. The molecule has 126 valence electrons. The summed E-state index contributed by atoms with van der Waals surface area (Å²) in [5.74, 6) is 0.578. The first kappa shape index (κ1) is 18.2. The highest BCUT2D eigenvalue weighted by Gasteiger charge is 2.25. The Kier molecular flexibility index (Phi) is 6.00. The van der Waals surface area contributed by atoms with Crippen LogP contribution >= 0.6 is 23.7 Å². The van der Waals surface area contributed by atoms with E-state index in [-0.39, 0.29) is 30.3 Å². The summed E-state index contributed by atoms with van der Waals surface area (Å²) in [5, 5.41) is 4.18. The van der Waals surface area contributed by atoms with E-state index in [2.05, 4.69) is 24.1 Å². The van der Waals surface area contributed by atoms with Gasteiger partial charge in [-0.15, -0.1) is 23.7 Å². The number of benzene rings is 1. The van der Waals surface area contributed by atoms with Crippen LogP contribution in [-0.4, -0.2) is 16.9 Å². The second-order valence-electron chi connectivity index (χ2n) is 6.50. The predicted molar refractivity (Wildman–Crippen MR) is 99.5 cm³/mol. The molecule has 23 heavy (non-hydrogen) atoms. The summed E-state index contributed by atoms with van der Waals surface area (Å²) in [6.07, 6.45) is 3.82. The van der Waals surface area contributed by atoms with E-state index in [9.17, 15) is 4.79 Å². The van der Waals surface area contributed by atoms with E-state index < -0.39 is 0 Å². The lowest BCUT2D eigenvalue weighted by Gasteiger charge is -2.25. The summed E-state index contributed by atoms with van der Waals surface area (Å²) in [6, 6.07) is 6.12. The summed E-state index contributed by atoms with van der Waals surface area (Å²) in [7, 11) is 0. The van der Waals surface area contributed by atoms with E-state index in [0.29, 0.717) is 5.92 Å². The number of halogens is 1. The second-order valence-corrected chi connectivity index (χ2v) is 7.56. The van der Waals surface area contributed by atoms with E-state index in [1.54, 1.807) is 11.3 Å². The molecule has 0 bridgehead atoms. The Morgan fingerprint density at radius 2 is 2.17 bits per heavy atom. The number of hydrogen-bond donors (Lipinski definition) is 2. The molecule has 4 nitrogen and oxygen atoms in total. The minimum Gasteiger partial charge on any atom is -0.328 e. The van der Waals surface area contributed by atoms with Gasteiger partial charge in [0.2, 0.25) is 5.91 Å². The zero-order valence-electron chi connectivity index (χ0n) is 13.5. The molecule has 0 spiro atoms. The van der Waals surface area contributed by atoms with Crippen molar-refractivity contribution in [2.75, 3.05) is 5.32 Å². The number of nitrogens with zero attached hydrogens (tertiary/aromatic N) is 1. The number of hydrogen-bond acceptors (Lipinski definition) is 4.